The molecular formula is C14H24N2O4. The van der Waals surface area contributed by atoms with Gasteiger partial charge in [-0.05, 0) is 19.3 Å². The molecule has 20 heavy (non-hydrogen) atoms. The highest BCUT2D eigenvalue weighted by molar-refractivity contribution is 5.86. The van der Waals surface area contributed by atoms with E-state index in [-0.39, 0.29) is 12.1 Å². The van der Waals surface area contributed by atoms with Crippen molar-refractivity contribution in [3.63, 3.8) is 0 Å². The van der Waals surface area contributed by atoms with E-state index in [1.807, 2.05) is 6.92 Å². The molecule has 0 bridgehead atoms. The molecule has 1 saturated heterocycles. The zero-order chi connectivity index (χ0) is 14.6. The number of carboxylic acids is 1. The molecule has 2 amide bonds. The van der Waals surface area contributed by atoms with Gasteiger partial charge < -0.3 is 20.1 Å². The van der Waals surface area contributed by atoms with Gasteiger partial charge in [-0.1, -0.05) is 26.2 Å². The number of rotatable bonds is 3. The minimum absolute atomic E-state index is 0.0400. The monoisotopic (exact) mass is 284 g/mol. The van der Waals surface area contributed by atoms with Crippen molar-refractivity contribution in [1.82, 2.24) is 10.2 Å². The molecule has 1 aliphatic heterocycles. The van der Waals surface area contributed by atoms with Gasteiger partial charge in [0.2, 0.25) is 0 Å². The average Bonchev–Trinajstić information content (AvgIpc) is 2.48. The van der Waals surface area contributed by atoms with Crippen LogP contribution in [0.4, 0.5) is 4.79 Å². The highest BCUT2D eigenvalue weighted by Crippen LogP contribution is 2.29. The van der Waals surface area contributed by atoms with E-state index in [0.29, 0.717) is 32.6 Å². The standard InChI is InChI=1S/C14H24N2O4/c1-2-11-10-20-9-8-16(11)13(19)15-14(12(17)18)6-4-3-5-7-14/h11H,2-10H2,1H3,(H,15,19)(H,17,18). The number of urea groups is 1. The van der Waals surface area contributed by atoms with Gasteiger partial charge in [0.25, 0.3) is 0 Å². The molecule has 0 aromatic heterocycles. The van der Waals surface area contributed by atoms with Gasteiger partial charge >= 0.3 is 12.0 Å². The van der Waals surface area contributed by atoms with Crippen molar-refractivity contribution in [3.05, 3.63) is 0 Å². The van der Waals surface area contributed by atoms with Crippen LogP contribution in [0.2, 0.25) is 0 Å². The first-order valence-corrected chi connectivity index (χ1v) is 7.49. The Morgan fingerprint density at radius 3 is 2.65 bits per heavy atom. The number of carboxylic acid groups (broad SMARTS) is 1. The van der Waals surface area contributed by atoms with Crippen molar-refractivity contribution in [2.24, 2.45) is 0 Å². The van der Waals surface area contributed by atoms with E-state index in [2.05, 4.69) is 5.32 Å². The fourth-order valence-electron chi connectivity index (χ4n) is 3.08. The normalized spacial score (nSPS) is 26.1. The van der Waals surface area contributed by atoms with E-state index in [0.717, 1.165) is 25.7 Å². The lowest BCUT2D eigenvalue weighted by Crippen LogP contribution is -2.61. The number of aliphatic carboxylic acids is 1. The Kier molecular flexibility index (Phi) is 4.86. The van der Waals surface area contributed by atoms with Gasteiger partial charge in [0.1, 0.15) is 5.54 Å². The SMILES string of the molecule is CCC1COCCN1C(=O)NC1(C(=O)O)CCCCC1. The molecule has 2 rings (SSSR count). The summed E-state index contributed by atoms with van der Waals surface area (Å²) in [6.07, 6.45) is 4.61. The van der Waals surface area contributed by atoms with Gasteiger partial charge in [-0.3, -0.25) is 0 Å². The molecule has 1 unspecified atom stereocenters. The van der Waals surface area contributed by atoms with Crippen LogP contribution in [-0.2, 0) is 9.53 Å². The average molecular weight is 284 g/mol. The van der Waals surface area contributed by atoms with E-state index in [9.17, 15) is 14.7 Å². The van der Waals surface area contributed by atoms with Crippen LogP contribution in [0.25, 0.3) is 0 Å². The van der Waals surface area contributed by atoms with Gasteiger partial charge in [0, 0.05) is 6.54 Å². The smallest absolute Gasteiger partial charge is 0.329 e. The van der Waals surface area contributed by atoms with Crippen LogP contribution in [0, 0.1) is 0 Å². The summed E-state index contributed by atoms with van der Waals surface area (Å²) in [5.74, 6) is -0.910. The first-order valence-electron chi connectivity index (χ1n) is 7.49. The molecule has 114 valence electrons. The third-order valence-electron chi connectivity index (χ3n) is 4.42. The van der Waals surface area contributed by atoms with Crippen molar-refractivity contribution in [3.8, 4) is 0 Å². The zero-order valence-corrected chi connectivity index (χ0v) is 12.1. The van der Waals surface area contributed by atoms with E-state index >= 15 is 0 Å². The molecule has 2 aliphatic rings. The quantitative estimate of drug-likeness (QED) is 0.825. The summed E-state index contributed by atoms with van der Waals surface area (Å²) in [5.41, 5.74) is -1.08. The Hall–Kier alpha value is -1.30. The lowest BCUT2D eigenvalue weighted by molar-refractivity contribution is -0.146. The maximum absolute atomic E-state index is 12.4. The summed E-state index contributed by atoms with van der Waals surface area (Å²) >= 11 is 0. The van der Waals surface area contributed by atoms with Gasteiger partial charge in [0.05, 0.1) is 19.3 Å². The predicted octanol–water partition coefficient (Wildman–Crippen LogP) is 1.59. The minimum Gasteiger partial charge on any atom is -0.480 e. The Morgan fingerprint density at radius 2 is 2.05 bits per heavy atom. The van der Waals surface area contributed by atoms with Crippen LogP contribution in [0.1, 0.15) is 45.4 Å². The molecular weight excluding hydrogens is 260 g/mol. The van der Waals surface area contributed by atoms with Crippen molar-refractivity contribution >= 4 is 12.0 Å². The first-order chi connectivity index (χ1) is 9.59. The van der Waals surface area contributed by atoms with Gasteiger partial charge in [-0.2, -0.15) is 0 Å². The molecule has 0 spiro atoms. The second-order valence-electron chi connectivity index (χ2n) is 5.71. The first kappa shape index (κ1) is 15.1. The van der Waals surface area contributed by atoms with Crippen LogP contribution >= 0.6 is 0 Å². The second-order valence-corrected chi connectivity index (χ2v) is 5.71. The van der Waals surface area contributed by atoms with E-state index in [1.54, 1.807) is 4.90 Å². The molecule has 1 aliphatic carbocycles. The van der Waals surface area contributed by atoms with Crippen LogP contribution in [0.3, 0.4) is 0 Å². The Morgan fingerprint density at radius 1 is 1.35 bits per heavy atom. The number of carbonyl (C=O) groups is 2. The fraction of sp³-hybridized carbons (Fsp3) is 0.857. The topological polar surface area (TPSA) is 78.9 Å². The lowest BCUT2D eigenvalue weighted by Gasteiger charge is -2.40. The highest BCUT2D eigenvalue weighted by Gasteiger charge is 2.42. The molecule has 6 heteroatoms. The number of amides is 2. The lowest BCUT2D eigenvalue weighted by atomic mass is 9.82. The van der Waals surface area contributed by atoms with Gasteiger partial charge in [-0.15, -0.1) is 0 Å². The number of nitrogens with zero attached hydrogens (tertiary/aromatic N) is 1. The molecule has 1 atom stereocenters. The fourth-order valence-corrected chi connectivity index (χ4v) is 3.08. The van der Waals surface area contributed by atoms with Crippen molar-refractivity contribution in [2.45, 2.75) is 57.0 Å². The van der Waals surface area contributed by atoms with Crippen LogP contribution in [0.5, 0.6) is 0 Å². The number of morpholine rings is 1. The molecule has 2 N–H and O–H groups in total. The summed E-state index contributed by atoms with van der Waals surface area (Å²) in [7, 11) is 0. The van der Waals surface area contributed by atoms with Gasteiger partial charge in [-0.25, -0.2) is 9.59 Å². The molecule has 6 nitrogen and oxygen atoms in total. The summed E-state index contributed by atoms with van der Waals surface area (Å²) in [4.78, 5) is 25.8. The maximum atomic E-state index is 12.4. The van der Waals surface area contributed by atoms with Crippen LogP contribution in [-0.4, -0.2) is 53.3 Å². The third kappa shape index (κ3) is 3.06. The Labute approximate surface area is 119 Å². The van der Waals surface area contributed by atoms with E-state index in [1.165, 1.54) is 0 Å². The summed E-state index contributed by atoms with van der Waals surface area (Å²) < 4.78 is 5.38. The Bertz CT molecular complexity index is 366. The summed E-state index contributed by atoms with van der Waals surface area (Å²) in [6, 6.07) is -0.220. The zero-order valence-electron chi connectivity index (χ0n) is 12.1. The van der Waals surface area contributed by atoms with E-state index in [4.69, 9.17) is 4.74 Å². The van der Waals surface area contributed by atoms with Crippen molar-refractivity contribution < 1.29 is 19.4 Å². The highest BCUT2D eigenvalue weighted by atomic mass is 16.5. The molecule has 0 aromatic rings. The van der Waals surface area contributed by atoms with Crippen LogP contribution < -0.4 is 5.32 Å². The second kappa shape index (κ2) is 6.43. The maximum Gasteiger partial charge on any atom is 0.329 e. The summed E-state index contributed by atoms with van der Waals surface area (Å²) in [5, 5.41) is 12.3. The number of carbonyl (C=O) groups excluding carboxylic acids is 1. The molecule has 1 saturated carbocycles. The van der Waals surface area contributed by atoms with Crippen molar-refractivity contribution in [1.29, 1.82) is 0 Å². The predicted molar refractivity (Wildman–Crippen MR) is 73.6 cm³/mol. The van der Waals surface area contributed by atoms with E-state index < -0.39 is 11.5 Å². The van der Waals surface area contributed by atoms with Crippen LogP contribution in [0.15, 0.2) is 0 Å². The van der Waals surface area contributed by atoms with Gasteiger partial charge in [0.15, 0.2) is 0 Å². The molecule has 1 heterocycles. The number of hydrogen-bond acceptors (Lipinski definition) is 3. The third-order valence-corrected chi connectivity index (χ3v) is 4.42. The summed E-state index contributed by atoms with van der Waals surface area (Å²) in [6.45, 7) is 3.58. The molecule has 0 radical (unpaired) electrons. The molecule has 2 fully saturated rings. The molecule has 0 aromatic carbocycles. The number of hydrogen-bond donors (Lipinski definition) is 2. The minimum atomic E-state index is -1.08. The van der Waals surface area contributed by atoms with Crippen molar-refractivity contribution in [2.75, 3.05) is 19.8 Å². The largest absolute Gasteiger partial charge is 0.480 e. The number of nitrogens with one attached hydrogen (secondary N) is 1. The Balaban J connectivity index is 2.05. The number of ether oxygens (including phenoxy) is 1.